The fourth-order valence-electron chi connectivity index (χ4n) is 6.11. The van der Waals surface area contributed by atoms with Gasteiger partial charge in [0.15, 0.2) is 5.16 Å². The molecule has 4 heterocycles. The van der Waals surface area contributed by atoms with Gasteiger partial charge in [-0.05, 0) is 62.4 Å². The van der Waals surface area contributed by atoms with Crippen molar-refractivity contribution in [3.63, 3.8) is 0 Å². The van der Waals surface area contributed by atoms with Gasteiger partial charge in [0.05, 0.1) is 5.56 Å². The van der Waals surface area contributed by atoms with Crippen LogP contribution in [0, 0.1) is 5.92 Å². The Morgan fingerprint density at radius 1 is 1.05 bits per heavy atom. The molecule has 11 heteroatoms. The van der Waals surface area contributed by atoms with Crippen molar-refractivity contribution in [1.29, 1.82) is 0 Å². The van der Waals surface area contributed by atoms with E-state index in [4.69, 9.17) is 0 Å². The summed E-state index contributed by atoms with van der Waals surface area (Å²) in [6.45, 7) is 7.12. The second-order valence-corrected chi connectivity index (χ2v) is 11.6. The number of amides is 1. The standard InChI is InChI=1S/C26H35F3N6OS/c1-18(36)34-12-8-19(9-13-34)24-30-31-25(32(24)2)37-15-3-11-33-16-20-10-14-35(23(20)17-33)22-6-4-21(5-7-22)26(27,28)29/h4-7,19-20,23H,3,8-17H2,1-2H3. The molecule has 0 spiro atoms. The third kappa shape index (κ3) is 5.77. The van der Waals surface area contributed by atoms with E-state index in [1.807, 2.05) is 11.9 Å². The Hall–Kier alpha value is -2.27. The Morgan fingerprint density at radius 3 is 2.46 bits per heavy atom. The molecule has 0 N–H and O–H groups in total. The van der Waals surface area contributed by atoms with Crippen LogP contribution in [0.2, 0.25) is 0 Å². The minimum absolute atomic E-state index is 0.140. The summed E-state index contributed by atoms with van der Waals surface area (Å²) in [5, 5.41) is 9.84. The van der Waals surface area contributed by atoms with E-state index in [1.165, 1.54) is 12.1 Å². The maximum Gasteiger partial charge on any atom is 0.416 e. The van der Waals surface area contributed by atoms with Crippen molar-refractivity contribution < 1.29 is 18.0 Å². The number of carbonyl (C=O) groups excluding carboxylic acids is 1. The highest BCUT2D eigenvalue weighted by Gasteiger charge is 2.41. The molecule has 3 aliphatic heterocycles. The van der Waals surface area contributed by atoms with Crippen molar-refractivity contribution >= 4 is 23.4 Å². The number of hydrogen-bond acceptors (Lipinski definition) is 6. The van der Waals surface area contributed by atoms with E-state index < -0.39 is 11.7 Å². The lowest BCUT2D eigenvalue weighted by Crippen LogP contribution is -2.36. The van der Waals surface area contributed by atoms with E-state index in [2.05, 4.69) is 24.6 Å². The summed E-state index contributed by atoms with van der Waals surface area (Å²) in [5.41, 5.74) is 0.300. The fraction of sp³-hybridized carbons (Fsp3) is 0.654. The number of aromatic nitrogens is 3. The van der Waals surface area contributed by atoms with Crippen molar-refractivity contribution in [2.24, 2.45) is 13.0 Å². The number of likely N-dealkylation sites (tertiary alicyclic amines) is 2. The van der Waals surface area contributed by atoms with Gasteiger partial charge in [0.2, 0.25) is 5.91 Å². The van der Waals surface area contributed by atoms with Gasteiger partial charge in [0, 0.05) is 70.1 Å². The summed E-state index contributed by atoms with van der Waals surface area (Å²) in [4.78, 5) is 18.3. The molecule has 2 unspecified atom stereocenters. The number of nitrogens with zero attached hydrogens (tertiary/aromatic N) is 6. The first-order valence-electron chi connectivity index (χ1n) is 13.1. The molecule has 0 saturated carbocycles. The molecule has 1 amide bonds. The van der Waals surface area contributed by atoms with Gasteiger partial charge in [-0.25, -0.2) is 0 Å². The predicted molar refractivity (Wildman–Crippen MR) is 138 cm³/mol. The molecule has 37 heavy (non-hydrogen) atoms. The number of rotatable bonds is 7. The summed E-state index contributed by atoms with van der Waals surface area (Å²) in [5.74, 6) is 3.04. The van der Waals surface area contributed by atoms with E-state index >= 15 is 0 Å². The Labute approximate surface area is 220 Å². The van der Waals surface area contributed by atoms with Gasteiger partial charge in [0.1, 0.15) is 5.82 Å². The number of fused-ring (bicyclic) bond motifs is 1. The van der Waals surface area contributed by atoms with Crippen LogP contribution in [0.3, 0.4) is 0 Å². The molecule has 3 aliphatic rings. The summed E-state index contributed by atoms with van der Waals surface area (Å²) in [6, 6.07) is 6.00. The maximum absolute atomic E-state index is 12.9. The van der Waals surface area contributed by atoms with Gasteiger partial charge in [-0.15, -0.1) is 10.2 Å². The zero-order valence-electron chi connectivity index (χ0n) is 21.5. The molecular formula is C26H35F3N6OS. The van der Waals surface area contributed by atoms with Crippen LogP contribution in [0.4, 0.5) is 18.9 Å². The molecule has 3 fully saturated rings. The van der Waals surface area contributed by atoms with Crippen molar-refractivity contribution in [2.75, 3.05) is 49.9 Å². The number of benzene rings is 1. The Kier molecular flexibility index (Phi) is 7.72. The third-order valence-corrected chi connectivity index (χ3v) is 9.28. The summed E-state index contributed by atoms with van der Waals surface area (Å²) in [6.07, 6.45) is -0.309. The smallest absolute Gasteiger partial charge is 0.367 e. The van der Waals surface area contributed by atoms with Crippen LogP contribution in [-0.2, 0) is 18.0 Å². The van der Waals surface area contributed by atoms with Gasteiger partial charge < -0.3 is 19.3 Å². The summed E-state index contributed by atoms with van der Waals surface area (Å²) < 4.78 is 40.9. The second kappa shape index (κ2) is 10.8. The summed E-state index contributed by atoms with van der Waals surface area (Å²) >= 11 is 1.74. The van der Waals surface area contributed by atoms with Crippen molar-refractivity contribution in [1.82, 2.24) is 24.6 Å². The number of hydrogen-bond donors (Lipinski definition) is 0. The first-order valence-corrected chi connectivity index (χ1v) is 14.1. The van der Waals surface area contributed by atoms with Crippen molar-refractivity contribution in [3.8, 4) is 0 Å². The Bertz CT molecular complexity index is 1080. The van der Waals surface area contributed by atoms with Gasteiger partial charge in [-0.3, -0.25) is 4.79 Å². The highest BCUT2D eigenvalue weighted by molar-refractivity contribution is 7.99. The fourth-order valence-corrected chi connectivity index (χ4v) is 6.95. The van der Waals surface area contributed by atoms with E-state index in [0.717, 1.165) is 87.4 Å². The molecule has 0 radical (unpaired) electrons. The highest BCUT2D eigenvalue weighted by atomic mass is 32.2. The predicted octanol–water partition coefficient (Wildman–Crippen LogP) is 4.25. The molecule has 7 nitrogen and oxygen atoms in total. The molecule has 1 aromatic carbocycles. The average molecular weight is 537 g/mol. The van der Waals surface area contributed by atoms with E-state index in [0.29, 0.717) is 17.9 Å². The van der Waals surface area contributed by atoms with Crippen LogP contribution in [-0.4, -0.2) is 81.5 Å². The zero-order chi connectivity index (χ0) is 26.2. The largest absolute Gasteiger partial charge is 0.416 e. The molecule has 1 aromatic heterocycles. The first kappa shape index (κ1) is 26.3. The third-order valence-electron chi connectivity index (χ3n) is 8.17. The van der Waals surface area contributed by atoms with Crippen LogP contribution in [0.1, 0.15) is 49.9 Å². The number of thioether (sulfide) groups is 1. The van der Waals surface area contributed by atoms with Gasteiger partial charge in [-0.2, -0.15) is 13.2 Å². The average Bonchev–Trinajstić information content (AvgIpc) is 3.56. The van der Waals surface area contributed by atoms with Crippen molar-refractivity contribution in [2.45, 2.75) is 55.9 Å². The minimum Gasteiger partial charge on any atom is -0.367 e. The van der Waals surface area contributed by atoms with Gasteiger partial charge in [0.25, 0.3) is 0 Å². The molecule has 0 bridgehead atoms. The van der Waals surface area contributed by atoms with Gasteiger partial charge >= 0.3 is 6.18 Å². The normalized spacial score (nSPS) is 23.2. The second-order valence-electron chi connectivity index (χ2n) is 10.5. The minimum atomic E-state index is -4.30. The van der Waals surface area contributed by atoms with Crippen LogP contribution < -0.4 is 4.90 Å². The monoisotopic (exact) mass is 536 g/mol. The number of piperidine rings is 1. The number of anilines is 1. The highest BCUT2D eigenvalue weighted by Crippen LogP contribution is 2.37. The van der Waals surface area contributed by atoms with Crippen molar-refractivity contribution in [3.05, 3.63) is 35.7 Å². The van der Waals surface area contributed by atoms with E-state index in [-0.39, 0.29) is 5.91 Å². The molecule has 2 aromatic rings. The topological polar surface area (TPSA) is 57.5 Å². The Balaban J connectivity index is 1.07. The molecule has 0 aliphatic carbocycles. The SMILES string of the molecule is CC(=O)N1CCC(c2nnc(SCCCN3CC4CCN(c5ccc(C(F)(F)F)cc5)C4C3)n2C)CC1. The van der Waals surface area contributed by atoms with E-state index in [9.17, 15) is 18.0 Å². The number of alkyl halides is 3. The molecule has 5 rings (SSSR count). The lowest BCUT2D eigenvalue weighted by molar-refractivity contribution is -0.137. The maximum atomic E-state index is 12.9. The molecule has 202 valence electrons. The first-order chi connectivity index (χ1) is 17.7. The Morgan fingerprint density at radius 2 is 1.78 bits per heavy atom. The number of carbonyl (C=O) groups is 1. The lowest BCUT2D eigenvalue weighted by atomic mass is 9.96. The quantitative estimate of drug-likeness (QED) is 0.390. The lowest BCUT2D eigenvalue weighted by Gasteiger charge is -2.30. The summed E-state index contributed by atoms with van der Waals surface area (Å²) in [7, 11) is 2.03. The molecule has 2 atom stereocenters. The van der Waals surface area contributed by atoms with E-state index in [1.54, 1.807) is 30.8 Å². The number of halogens is 3. The van der Waals surface area contributed by atoms with Gasteiger partial charge in [-0.1, -0.05) is 11.8 Å². The van der Waals surface area contributed by atoms with Crippen LogP contribution in [0.25, 0.3) is 0 Å². The molecule has 3 saturated heterocycles. The van der Waals surface area contributed by atoms with Crippen LogP contribution in [0.15, 0.2) is 29.4 Å². The molecular weight excluding hydrogens is 501 g/mol. The van der Waals surface area contributed by atoms with Crippen LogP contribution in [0.5, 0.6) is 0 Å². The van der Waals surface area contributed by atoms with Crippen LogP contribution >= 0.6 is 11.8 Å². The zero-order valence-corrected chi connectivity index (χ0v) is 22.3.